The van der Waals surface area contributed by atoms with Crippen molar-refractivity contribution in [3.05, 3.63) is 15.6 Å². The van der Waals surface area contributed by atoms with Crippen molar-refractivity contribution in [3.63, 3.8) is 0 Å². The summed E-state index contributed by atoms with van der Waals surface area (Å²) < 4.78 is 0. The average Bonchev–Trinajstić information content (AvgIpc) is 2.80. The van der Waals surface area contributed by atoms with Gasteiger partial charge in [-0.3, -0.25) is 9.59 Å². The number of piperidine rings is 1. The van der Waals surface area contributed by atoms with E-state index in [0.717, 1.165) is 30.6 Å². The van der Waals surface area contributed by atoms with Crippen LogP contribution < -0.4 is 5.73 Å². The van der Waals surface area contributed by atoms with E-state index in [1.807, 2.05) is 6.92 Å². The standard InChI is InChI=1S/C15H23N3O3S/c1-9-6-4-5-7-18(9)14(20)11-10(8-15(2,3)21)22-13(17-11)12(16)19/h9,21H,4-8H2,1-3H3,(H2,16,19). The minimum Gasteiger partial charge on any atom is -0.390 e. The number of nitrogens with two attached hydrogens (primary N) is 1. The fourth-order valence-electron chi connectivity index (χ4n) is 2.67. The number of nitrogens with zero attached hydrogens (tertiary/aromatic N) is 2. The third-order valence-electron chi connectivity index (χ3n) is 3.77. The number of hydrogen-bond donors (Lipinski definition) is 2. The molecule has 3 N–H and O–H groups in total. The Balaban J connectivity index is 2.35. The highest BCUT2D eigenvalue weighted by Gasteiger charge is 2.30. The number of aromatic nitrogens is 1. The summed E-state index contributed by atoms with van der Waals surface area (Å²) in [5.74, 6) is -0.817. The molecular formula is C15H23N3O3S. The monoisotopic (exact) mass is 325 g/mol. The zero-order valence-electron chi connectivity index (χ0n) is 13.3. The highest BCUT2D eigenvalue weighted by Crippen LogP contribution is 2.27. The van der Waals surface area contributed by atoms with Gasteiger partial charge in [0.1, 0.15) is 5.69 Å². The van der Waals surface area contributed by atoms with Crippen LogP contribution in [0.5, 0.6) is 0 Å². The minimum atomic E-state index is -0.982. The van der Waals surface area contributed by atoms with Crippen LogP contribution in [0.15, 0.2) is 0 Å². The Morgan fingerprint density at radius 2 is 2.14 bits per heavy atom. The highest BCUT2D eigenvalue weighted by molar-refractivity contribution is 7.13. The summed E-state index contributed by atoms with van der Waals surface area (Å²) in [6.07, 6.45) is 3.33. The number of aliphatic hydroxyl groups is 1. The van der Waals surface area contributed by atoms with Crippen molar-refractivity contribution in [2.24, 2.45) is 5.73 Å². The maximum Gasteiger partial charge on any atom is 0.277 e. The predicted octanol–water partition coefficient (Wildman–Crippen LogP) is 1.57. The van der Waals surface area contributed by atoms with E-state index in [1.54, 1.807) is 18.7 Å². The molecule has 1 aromatic heterocycles. The summed E-state index contributed by atoms with van der Waals surface area (Å²) in [6, 6.07) is 0.162. The molecule has 1 aliphatic heterocycles. The van der Waals surface area contributed by atoms with E-state index in [4.69, 9.17) is 5.73 Å². The second-order valence-electron chi connectivity index (χ2n) is 6.49. The number of amides is 2. The van der Waals surface area contributed by atoms with Crippen LogP contribution in [0.4, 0.5) is 0 Å². The molecular weight excluding hydrogens is 302 g/mol. The van der Waals surface area contributed by atoms with Crippen LogP contribution in [0.2, 0.25) is 0 Å². The first-order valence-electron chi connectivity index (χ1n) is 7.52. The number of carbonyl (C=O) groups is 2. The number of likely N-dealkylation sites (tertiary alicyclic amines) is 1. The van der Waals surface area contributed by atoms with Gasteiger partial charge in [-0.15, -0.1) is 11.3 Å². The van der Waals surface area contributed by atoms with Crippen LogP contribution >= 0.6 is 11.3 Å². The lowest BCUT2D eigenvalue weighted by Gasteiger charge is -2.33. The van der Waals surface area contributed by atoms with Gasteiger partial charge in [0.15, 0.2) is 5.01 Å². The molecule has 1 unspecified atom stereocenters. The quantitative estimate of drug-likeness (QED) is 0.878. The number of rotatable bonds is 4. The summed E-state index contributed by atoms with van der Waals surface area (Å²) in [4.78, 5) is 30.7. The van der Waals surface area contributed by atoms with Crippen molar-refractivity contribution in [2.45, 2.75) is 58.1 Å². The Bertz CT molecular complexity index is 577. The largest absolute Gasteiger partial charge is 0.390 e. The van der Waals surface area contributed by atoms with Gasteiger partial charge in [0.25, 0.3) is 11.8 Å². The number of primary amides is 1. The fraction of sp³-hybridized carbons (Fsp3) is 0.667. The van der Waals surface area contributed by atoms with E-state index < -0.39 is 11.5 Å². The lowest BCUT2D eigenvalue weighted by Crippen LogP contribution is -2.42. The van der Waals surface area contributed by atoms with Crippen molar-refractivity contribution in [1.29, 1.82) is 0 Å². The lowest BCUT2D eigenvalue weighted by atomic mass is 10.0. The molecule has 2 amide bonds. The van der Waals surface area contributed by atoms with E-state index in [0.29, 0.717) is 11.4 Å². The van der Waals surface area contributed by atoms with Gasteiger partial charge < -0.3 is 15.7 Å². The average molecular weight is 325 g/mol. The molecule has 1 saturated heterocycles. The zero-order chi connectivity index (χ0) is 16.5. The first-order valence-corrected chi connectivity index (χ1v) is 8.33. The van der Waals surface area contributed by atoms with Gasteiger partial charge in [-0.1, -0.05) is 0 Å². The van der Waals surface area contributed by atoms with Crippen LogP contribution in [0.1, 0.15) is 65.2 Å². The van der Waals surface area contributed by atoms with Crippen molar-refractivity contribution >= 4 is 23.2 Å². The molecule has 6 nitrogen and oxygen atoms in total. The molecule has 1 atom stereocenters. The number of hydrogen-bond acceptors (Lipinski definition) is 5. The molecule has 0 saturated carbocycles. The van der Waals surface area contributed by atoms with Gasteiger partial charge in [-0.05, 0) is 40.0 Å². The third-order valence-corrected chi connectivity index (χ3v) is 4.84. The molecule has 0 spiro atoms. The smallest absolute Gasteiger partial charge is 0.277 e. The summed E-state index contributed by atoms with van der Waals surface area (Å²) in [5.41, 5.74) is 4.56. The number of thiazole rings is 1. The fourth-order valence-corrected chi connectivity index (χ4v) is 3.80. The molecule has 22 heavy (non-hydrogen) atoms. The van der Waals surface area contributed by atoms with Gasteiger partial charge in [-0.2, -0.15) is 0 Å². The Morgan fingerprint density at radius 1 is 1.45 bits per heavy atom. The molecule has 0 bridgehead atoms. The summed E-state index contributed by atoms with van der Waals surface area (Å²) >= 11 is 1.09. The normalized spacial score (nSPS) is 19.3. The zero-order valence-corrected chi connectivity index (χ0v) is 14.1. The Hall–Kier alpha value is -1.47. The van der Waals surface area contributed by atoms with E-state index >= 15 is 0 Å². The molecule has 0 radical (unpaired) electrons. The van der Waals surface area contributed by atoms with Gasteiger partial charge in [0.05, 0.1) is 5.60 Å². The molecule has 1 aliphatic rings. The Morgan fingerprint density at radius 3 is 2.68 bits per heavy atom. The van der Waals surface area contributed by atoms with E-state index in [2.05, 4.69) is 4.98 Å². The van der Waals surface area contributed by atoms with Gasteiger partial charge >= 0.3 is 0 Å². The lowest BCUT2D eigenvalue weighted by molar-refractivity contribution is 0.0623. The number of carbonyl (C=O) groups excluding carboxylic acids is 2. The summed E-state index contributed by atoms with van der Waals surface area (Å²) in [5, 5.41) is 10.1. The molecule has 7 heteroatoms. The molecule has 0 aromatic carbocycles. The second kappa shape index (κ2) is 6.34. The van der Waals surface area contributed by atoms with Gasteiger partial charge in [0, 0.05) is 23.9 Å². The van der Waals surface area contributed by atoms with Crippen LogP contribution in [0, 0.1) is 0 Å². The van der Waals surface area contributed by atoms with Gasteiger partial charge in [-0.25, -0.2) is 4.98 Å². The molecule has 2 rings (SSSR count). The van der Waals surface area contributed by atoms with Crippen molar-refractivity contribution in [1.82, 2.24) is 9.88 Å². The highest BCUT2D eigenvalue weighted by atomic mass is 32.1. The predicted molar refractivity (Wildman–Crippen MR) is 85.0 cm³/mol. The van der Waals surface area contributed by atoms with Crippen LogP contribution in [0.3, 0.4) is 0 Å². The van der Waals surface area contributed by atoms with Crippen molar-refractivity contribution in [3.8, 4) is 0 Å². The van der Waals surface area contributed by atoms with E-state index in [1.165, 1.54) is 0 Å². The van der Waals surface area contributed by atoms with Crippen molar-refractivity contribution in [2.75, 3.05) is 6.54 Å². The summed E-state index contributed by atoms with van der Waals surface area (Å²) in [7, 11) is 0. The maximum atomic E-state index is 12.8. The SMILES string of the molecule is CC1CCCCN1C(=O)c1nc(C(N)=O)sc1CC(C)(C)O. The van der Waals surface area contributed by atoms with Crippen molar-refractivity contribution < 1.29 is 14.7 Å². The minimum absolute atomic E-state index is 0.118. The molecule has 0 aliphatic carbocycles. The van der Waals surface area contributed by atoms with E-state index in [9.17, 15) is 14.7 Å². The molecule has 2 heterocycles. The van der Waals surface area contributed by atoms with E-state index in [-0.39, 0.29) is 29.1 Å². The van der Waals surface area contributed by atoms with Crippen LogP contribution in [-0.2, 0) is 6.42 Å². The third kappa shape index (κ3) is 3.84. The summed E-state index contributed by atoms with van der Waals surface area (Å²) in [6.45, 7) is 6.04. The topological polar surface area (TPSA) is 96.5 Å². The first kappa shape index (κ1) is 16.9. The van der Waals surface area contributed by atoms with Crippen LogP contribution in [-0.4, -0.2) is 45.0 Å². The Kier molecular flexibility index (Phi) is 4.87. The van der Waals surface area contributed by atoms with Crippen LogP contribution in [0.25, 0.3) is 0 Å². The second-order valence-corrected chi connectivity index (χ2v) is 7.57. The first-order chi connectivity index (χ1) is 10.2. The molecule has 122 valence electrons. The molecule has 1 fully saturated rings. The Labute approximate surface area is 134 Å². The molecule has 1 aromatic rings. The maximum absolute atomic E-state index is 12.8. The van der Waals surface area contributed by atoms with Gasteiger partial charge in [0.2, 0.25) is 0 Å².